The number of carbonyl (C=O) groups is 1. The maximum absolute atomic E-state index is 12.3. The van der Waals surface area contributed by atoms with Gasteiger partial charge in [0.25, 0.3) is 0 Å². The Morgan fingerprint density at radius 3 is 2.35 bits per heavy atom. The molecule has 1 aliphatic rings. The van der Waals surface area contributed by atoms with E-state index in [1.54, 1.807) is 0 Å². The summed E-state index contributed by atoms with van der Waals surface area (Å²) in [4.78, 5) is 11.7. The molecule has 2 nitrogen and oxygen atoms in total. The van der Waals surface area contributed by atoms with Crippen molar-refractivity contribution >= 4 is 5.97 Å². The molecule has 0 aliphatic heterocycles. The zero-order valence-electron chi connectivity index (χ0n) is 10.2. The second-order valence-electron chi connectivity index (χ2n) is 4.62. The van der Waals surface area contributed by atoms with Crippen molar-refractivity contribution in [3.8, 4) is 0 Å². The van der Waals surface area contributed by atoms with Gasteiger partial charge in [0.1, 0.15) is 11.6 Å². The van der Waals surface area contributed by atoms with E-state index in [9.17, 15) is 9.18 Å². The highest BCUT2D eigenvalue weighted by Gasteiger charge is 2.25. The molecule has 0 saturated heterocycles. The molecule has 0 N–H and O–H groups in total. The average molecular weight is 238 g/mol. The SMILES string of the molecule is C=C(F)/C=C\C(=C)OC(=O)C1CCC(C)CC1. The molecule has 1 rings (SSSR count). The van der Waals surface area contributed by atoms with Crippen LogP contribution in [0.4, 0.5) is 4.39 Å². The predicted octanol–water partition coefficient (Wildman–Crippen LogP) is 3.91. The molecule has 1 fully saturated rings. The van der Waals surface area contributed by atoms with Crippen LogP contribution in [0.5, 0.6) is 0 Å². The standard InChI is InChI=1S/C14H19FO2/c1-10-4-8-13(9-5-10)14(16)17-12(3)7-6-11(2)15/h6-7,10,13H,2-5,8-9H2,1H3/b7-6-. The van der Waals surface area contributed by atoms with Crippen LogP contribution in [-0.2, 0) is 9.53 Å². The molecule has 0 radical (unpaired) electrons. The lowest BCUT2D eigenvalue weighted by Crippen LogP contribution is -2.22. The van der Waals surface area contributed by atoms with Crippen molar-refractivity contribution in [3.05, 3.63) is 36.9 Å². The van der Waals surface area contributed by atoms with E-state index in [1.807, 2.05) is 0 Å². The van der Waals surface area contributed by atoms with Gasteiger partial charge < -0.3 is 4.74 Å². The number of halogens is 1. The van der Waals surface area contributed by atoms with Gasteiger partial charge in [-0.15, -0.1) is 0 Å². The van der Waals surface area contributed by atoms with Crippen molar-refractivity contribution in [2.75, 3.05) is 0 Å². The van der Waals surface area contributed by atoms with Crippen molar-refractivity contribution in [1.82, 2.24) is 0 Å². The highest BCUT2D eigenvalue weighted by molar-refractivity contribution is 5.73. The van der Waals surface area contributed by atoms with Crippen molar-refractivity contribution in [2.24, 2.45) is 11.8 Å². The third kappa shape index (κ3) is 4.98. The highest BCUT2D eigenvalue weighted by Crippen LogP contribution is 2.29. The summed E-state index contributed by atoms with van der Waals surface area (Å²) in [6.07, 6.45) is 6.29. The predicted molar refractivity (Wildman–Crippen MR) is 65.7 cm³/mol. The first-order chi connectivity index (χ1) is 7.99. The molecular weight excluding hydrogens is 219 g/mol. The lowest BCUT2D eigenvalue weighted by atomic mass is 9.83. The van der Waals surface area contributed by atoms with Gasteiger partial charge in [-0.1, -0.05) is 20.1 Å². The number of ether oxygens (including phenoxy) is 1. The molecule has 17 heavy (non-hydrogen) atoms. The minimum atomic E-state index is -0.589. The quantitative estimate of drug-likeness (QED) is 0.421. The molecule has 0 unspecified atom stereocenters. The van der Waals surface area contributed by atoms with Crippen LogP contribution in [0, 0.1) is 11.8 Å². The van der Waals surface area contributed by atoms with E-state index in [-0.39, 0.29) is 17.6 Å². The Bertz CT molecular complexity index is 336. The maximum atomic E-state index is 12.3. The zero-order chi connectivity index (χ0) is 12.8. The van der Waals surface area contributed by atoms with Gasteiger partial charge >= 0.3 is 5.97 Å². The lowest BCUT2D eigenvalue weighted by Gasteiger charge is -2.24. The summed E-state index contributed by atoms with van der Waals surface area (Å²) in [5, 5.41) is 0. The van der Waals surface area contributed by atoms with Crippen molar-refractivity contribution < 1.29 is 13.9 Å². The van der Waals surface area contributed by atoms with Crippen molar-refractivity contribution in [1.29, 1.82) is 0 Å². The molecule has 3 heteroatoms. The molecule has 0 amide bonds. The summed E-state index contributed by atoms with van der Waals surface area (Å²) in [7, 11) is 0. The van der Waals surface area contributed by atoms with Gasteiger partial charge in [-0.2, -0.15) is 0 Å². The number of allylic oxidation sites excluding steroid dienone is 3. The van der Waals surface area contributed by atoms with E-state index in [2.05, 4.69) is 20.1 Å². The van der Waals surface area contributed by atoms with Crippen molar-refractivity contribution in [3.63, 3.8) is 0 Å². The Hall–Kier alpha value is -1.38. The van der Waals surface area contributed by atoms with Crippen molar-refractivity contribution in [2.45, 2.75) is 32.6 Å². The van der Waals surface area contributed by atoms with Gasteiger partial charge in [0, 0.05) is 0 Å². The Balaban J connectivity index is 2.38. The molecule has 0 bridgehead atoms. The van der Waals surface area contributed by atoms with Gasteiger partial charge in [0.15, 0.2) is 0 Å². The van der Waals surface area contributed by atoms with Crippen LogP contribution in [0.3, 0.4) is 0 Å². The summed E-state index contributed by atoms with van der Waals surface area (Å²) in [5.74, 6) is -0.0286. The smallest absolute Gasteiger partial charge is 0.314 e. The fraction of sp³-hybridized carbons (Fsp3) is 0.500. The average Bonchev–Trinajstić information content (AvgIpc) is 2.27. The summed E-state index contributed by atoms with van der Waals surface area (Å²) in [5.41, 5.74) is 0. The monoisotopic (exact) mass is 238 g/mol. The second-order valence-corrected chi connectivity index (χ2v) is 4.62. The van der Waals surface area contributed by atoms with Crippen LogP contribution in [0.2, 0.25) is 0 Å². The number of carbonyl (C=O) groups excluding carboxylic acids is 1. The number of rotatable bonds is 4. The van der Waals surface area contributed by atoms with Gasteiger partial charge in [-0.25, -0.2) is 4.39 Å². The van der Waals surface area contributed by atoms with Gasteiger partial charge in [-0.05, 0) is 43.8 Å². The van der Waals surface area contributed by atoms with E-state index in [1.165, 1.54) is 6.08 Å². The maximum Gasteiger partial charge on any atom is 0.314 e. The minimum absolute atomic E-state index is 0.0371. The Labute approximate surface area is 102 Å². The third-order valence-electron chi connectivity index (χ3n) is 3.03. The molecule has 0 aromatic carbocycles. The van der Waals surface area contributed by atoms with Crippen LogP contribution in [0.25, 0.3) is 0 Å². The highest BCUT2D eigenvalue weighted by atomic mass is 19.1. The Kier molecular flexibility index (Phi) is 5.13. The molecule has 94 valence electrons. The molecule has 0 aromatic rings. The molecule has 0 aromatic heterocycles. The van der Waals surface area contributed by atoms with Gasteiger partial charge in [0.05, 0.1) is 5.92 Å². The molecule has 0 atom stereocenters. The van der Waals surface area contributed by atoms with Gasteiger partial charge in [0.2, 0.25) is 0 Å². The zero-order valence-corrected chi connectivity index (χ0v) is 10.2. The van der Waals surface area contributed by atoms with E-state index in [0.29, 0.717) is 5.92 Å². The van der Waals surface area contributed by atoms with E-state index >= 15 is 0 Å². The summed E-state index contributed by atoms with van der Waals surface area (Å²) in [6, 6.07) is 0. The Morgan fingerprint density at radius 1 is 1.24 bits per heavy atom. The molecular formula is C14H19FO2. The molecule has 0 spiro atoms. The number of esters is 1. The third-order valence-corrected chi connectivity index (χ3v) is 3.03. The summed E-state index contributed by atoms with van der Waals surface area (Å²) < 4.78 is 17.4. The van der Waals surface area contributed by atoms with Crippen LogP contribution in [-0.4, -0.2) is 5.97 Å². The van der Waals surface area contributed by atoms with Crippen LogP contribution in [0.15, 0.2) is 36.9 Å². The van der Waals surface area contributed by atoms with Crippen LogP contribution < -0.4 is 0 Å². The largest absolute Gasteiger partial charge is 0.427 e. The van der Waals surface area contributed by atoms with Crippen LogP contribution in [0.1, 0.15) is 32.6 Å². The normalized spacial score (nSPS) is 24.6. The number of hydrogen-bond donors (Lipinski definition) is 0. The first-order valence-corrected chi connectivity index (χ1v) is 5.92. The number of hydrogen-bond acceptors (Lipinski definition) is 2. The first kappa shape index (κ1) is 13.7. The molecule has 1 aliphatic carbocycles. The summed E-state index contributed by atoms with van der Waals surface area (Å²) >= 11 is 0. The Morgan fingerprint density at radius 2 is 1.82 bits per heavy atom. The van der Waals surface area contributed by atoms with Gasteiger partial charge in [-0.3, -0.25) is 4.79 Å². The van der Waals surface area contributed by atoms with Crippen LogP contribution >= 0.6 is 0 Å². The minimum Gasteiger partial charge on any atom is -0.427 e. The fourth-order valence-corrected chi connectivity index (χ4v) is 1.93. The fourth-order valence-electron chi connectivity index (χ4n) is 1.93. The van der Waals surface area contributed by atoms with E-state index in [0.717, 1.165) is 31.8 Å². The lowest BCUT2D eigenvalue weighted by molar-refractivity contribution is -0.145. The summed E-state index contributed by atoms with van der Waals surface area (Å²) in [6.45, 7) is 8.80. The second kappa shape index (κ2) is 6.38. The van der Waals surface area contributed by atoms with E-state index < -0.39 is 5.83 Å². The molecule has 1 saturated carbocycles. The first-order valence-electron chi connectivity index (χ1n) is 5.92. The topological polar surface area (TPSA) is 26.3 Å². The molecule has 0 heterocycles. The van der Waals surface area contributed by atoms with E-state index in [4.69, 9.17) is 4.74 Å².